The fourth-order valence-electron chi connectivity index (χ4n) is 2.48. The molecular formula is C19H18N4O3. The second-order valence-corrected chi connectivity index (χ2v) is 5.45. The highest BCUT2D eigenvalue weighted by molar-refractivity contribution is 5.88. The summed E-state index contributed by atoms with van der Waals surface area (Å²) in [5.74, 6) is -0.0404. The quantitative estimate of drug-likeness (QED) is 0.688. The number of aromatic nitrogens is 3. The Balaban J connectivity index is 2.02. The molecule has 0 unspecified atom stereocenters. The molecule has 26 heavy (non-hydrogen) atoms. The Morgan fingerprint density at radius 1 is 1.15 bits per heavy atom. The summed E-state index contributed by atoms with van der Waals surface area (Å²) in [5, 5.41) is 2.96. The number of carbonyl (C=O) groups excluding carboxylic acids is 1. The molecule has 7 heteroatoms. The zero-order chi connectivity index (χ0) is 18.4. The number of hydrogen-bond acceptors (Lipinski definition) is 6. The van der Waals surface area contributed by atoms with E-state index >= 15 is 0 Å². The summed E-state index contributed by atoms with van der Waals surface area (Å²) in [6.45, 7) is 2.22. The maximum atomic E-state index is 13.0. The summed E-state index contributed by atoms with van der Waals surface area (Å²) < 4.78 is 6.48. The van der Waals surface area contributed by atoms with Crippen LogP contribution in [0.1, 0.15) is 23.0 Å². The second-order valence-electron chi connectivity index (χ2n) is 5.45. The number of pyridine rings is 1. The molecule has 1 aromatic carbocycles. The van der Waals surface area contributed by atoms with Gasteiger partial charge in [0.1, 0.15) is 23.5 Å². The smallest absolute Gasteiger partial charge is 0.355 e. The van der Waals surface area contributed by atoms with Gasteiger partial charge >= 0.3 is 5.97 Å². The second kappa shape index (κ2) is 8.06. The molecule has 0 atom stereocenters. The van der Waals surface area contributed by atoms with Gasteiger partial charge in [-0.15, -0.1) is 0 Å². The SMILES string of the molecule is CCOC(=O)c1ccc(Nc2ccncn2)c(=O)n1Cc1ccccc1. The summed E-state index contributed by atoms with van der Waals surface area (Å²) in [6.07, 6.45) is 2.96. The van der Waals surface area contributed by atoms with Gasteiger partial charge in [-0.25, -0.2) is 14.8 Å². The van der Waals surface area contributed by atoms with Gasteiger partial charge in [-0.1, -0.05) is 30.3 Å². The van der Waals surface area contributed by atoms with Crippen molar-refractivity contribution in [3.05, 3.63) is 82.7 Å². The molecule has 3 aromatic rings. The first-order chi connectivity index (χ1) is 12.7. The largest absolute Gasteiger partial charge is 0.461 e. The Bertz CT molecular complexity index is 940. The van der Waals surface area contributed by atoms with Gasteiger partial charge in [0.05, 0.1) is 13.2 Å². The van der Waals surface area contributed by atoms with E-state index in [0.717, 1.165) is 5.56 Å². The third-order valence-corrected chi connectivity index (χ3v) is 3.69. The minimum atomic E-state index is -0.533. The van der Waals surface area contributed by atoms with Crippen molar-refractivity contribution in [1.29, 1.82) is 0 Å². The molecule has 3 rings (SSSR count). The van der Waals surface area contributed by atoms with Crippen molar-refractivity contribution in [2.75, 3.05) is 11.9 Å². The third-order valence-electron chi connectivity index (χ3n) is 3.69. The standard InChI is InChI=1S/C19H18N4O3/c1-2-26-19(25)16-9-8-15(22-17-10-11-20-13-21-17)18(24)23(16)12-14-6-4-3-5-7-14/h3-11,13H,2,12H2,1H3,(H,20,21,22). The molecule has 0 radical (unpaired) electrons. The predicted octanol–water partition coefficient (Wildman–Crippen LogP) is 2.61. The summed E-state index contributed by atoms with van der Waals surface area (Å²) in [6, 6.07) is 14.2. The lowest BCUT2D eigenvalue weighted by Gasteiger charge is -2.14. The van der Waals surface area contributed by atoms with Crippen LogP contribution >= 0.6 is 0 Å². The molecule has 1 N–H and O–H groups in total. The van der Waals surface area contributed by atoms with Crippen molar-refractivity contribution in [1.82, 2.24) is 14.5 Å². The third kappa shape index (κ3) is 3.94. The van der Waals surface area contributed by atoms with E-state index in [0.29, 0.717) is 11.5 Å². The van der Waals surface area contributed by atoms with Gasteiger partial charge in [0.25, 0.3) is 5.56 Å². The Kier molecular flexibility index (Phi) is 5.38. The van der Waals surface area contributed by atoms with E-state index in [1.54, 1.807) is 31.3 Å². The van der Waals surface area contributed by atoms with Crippen LogP contribution in [0.25, 0.3) is 0 Å². The van der Waals surface area contributed by atoms with Crippen LogP contribution in [0.2, 0.25) is 0 Å². The van der Waals surface area contributed by atoms with Gasteiger partial charge < -0.3 is 10.1 Å². The maximum Gasteiger partial charge on any atom is 0.355 e. The predicted molar refractivity (Wildman–Crippen MR) is 97.5 cm³/mol. The van der Waals surface area contributed by atoms with E-state index in [2.05, 4.69) is 15.3 Å². The number of benzene rings is 1. The first kappa shape index (κ1) is 17.3. The number of ether oxygens (including phenoxy) is 1. The normalized spacial score (nSPS) is 10.3. The monoisotopic (exact) mass is 350 g/mol. The number of hydrogen-bond donors (Lipinski definition) is 1. The van der Waals surface area contributed by atoms with Crippen molar-refractivity contribution in [2.45, 2.75) is 13.5 Å². The van der Waals surface area contributed by atoms with Crippen LogP contribution in [0.3, 0.4) is 0 Å². The fourth-order valence-corrected chi connectivity index (χ4v) is 2.48. The first-order valence-corrected chi connectivity index (χ1v) is 8.17. The minimum Gasteiger partial charge on any atom is -0.461 e. The van der Waals surface area contributed by atoms with E-state index in [-0.39, 0.29) is 24.4 Å². The van der Waals surface area contributed by atoms with Gasteiger partial charge in [-0.2, -0.15) is 0 Å². The topological polar surface area (TPSA) is 86.1 Å². The fraction of sp³-hybridized carbons (Fsp3) is 0.158. The maximum absolute atomic E-state index is 13.0. The van der Waals surface area contributed by atoms with Gasteiger partial charge in [-0.05, 0) is 30.7 Å². The first-order valence-electron chi connectivity index (χ1n) is 8.17. The highest BCUT2D eigenvalue weighted by Crippen LogP contribution is 2.13. The highest BCUT2D eigenvalue weighted by atomic mass is 16.5. The van der Waals surface area contributed by atoms with E-state index in [9.17, 15) is 9.59 Å². The van der Waals surface area contributed by atoms with Gasteiger partial charge in [0, 0.05) is 6.20 Å². The number of rotatable bonds is 6. The molecule has 0 spiro atoms. The lowest BCUT2D eigenvalue weighted by molar-refractivity contribution is 0.0512. The molecule has 7 nitrogen and oxygen atoms in total. The van der Waals surface area contributed by atoms with Crippen LogP contribution in [-0.4, -0.2) is 27.1 Å². The molecule has 0 amide bonds. The molecule has 2 aromatic heterocycles. The van der Waals surface area contributed by atoms with Crippen LogP contribution in [0.5, 0.6) is 0 Å². The van der Waals surface area contributed by atoms with Crippen LogP contribution in [-0.2, 0) is 11.3 Å². The van der Waals surface area contributed by atoms with Crippen molar-refractivity contribution in [2.24, 2.45) is 0 Å². The Morgan fingerprint density at radius 3 is 2.65 bits per heavy atom. The number of esters is 1. The van der Waals surface area contributed by atoms with E-state index in [4.69, 9.17) is 4.74 Å². The highest BCUT2D eigenvalue weighted by Gasteiger charge is 2.16. The summed E-state index contributed by atoms with van der Waals surface area (Å²) >= 11 is 0. The molecule has 0 aliphatic rings. The number of nitrogens with one attached hydrogen (secondary N) is 1. The lowest BCUT2D eigenvalue weighted by atomic mass is 10.2. The number of anilines is 2. The Labute approximate surface area is 150 Å². The molecule has 0 saturated carbocycles. The average molecular weight is 350 g/mol. The van der Waals surface area contributed by atoms with Crippen LogP contribution in [0, 0.1) is 0 Å². The summed E-state index contributed by atoms with van der Waals surface area (Å²) in [5.41, 5.74) is 1.08. The molecule has 2 heterocycles. The van der Waals surface area contributed by atoms with E-state index in [1.807, 2.05) is 30.3 Å². The molecule has 0 bridgehead atoms. The van der Waals surface area contributed by atoms with E-state index < -0.39 is 5.97 Å². The molecule has 0 fully saturated rings. The van der Waals surface area contributed by atoms with Crippen LogP contribution in [0.15, 0.2) is 65.8 Å². The van der Waals surface area contributed by atoms with Crippen molar-refractivity contribution in [3.63, 3.8) is 0 Å². The van der Waals surface area contributed by atoms with Crippen molar-refractivity contribution >= 4 is 17.5 Å². The molecule has 0 saturated heterocycles. The lowest BCUT2D eigenvalue weighted by Crippen LogP contribution is -2.29. The minimum absolute atomic E-state index is 0.203. The van der Waals surface area contributed by atoms with Crippen molar-refractivity contribution < 1.29 is 9.53 Å². The Morgan fingerprint density at radius 2 is 1.96 bits per heavy atom. The van der Waals surface area contributed by atoms with E-state index in [1.165, 1.54) is 10.9 Å². The van der Waals surface area contributed by atoms with Gasteiger partial charge in [0.2, 0.25) is 0 Å². The number of carbonyl (C=O) groups is 1. The summed E-state index contributed by atoms with van der Waals surface area (Å²) in [7, 11) is 0. The molecule has 0 aliphatic heterocycles. The van der Waals surface area contributed by atoms with Gasteiger partial charge in [-0.3, -0.25) is 9.36 Å². The average Bonchev–Trinajstić information content (AvgIpc) is 2.67. The van der Waals surface area contributed by atoms with Crippen LogP contribution in [0.4, 0.5) is 11.5 Å². The number of nitrogens with zero attached hydrogens (tertiary/aromatic N) is 3. The summed E-state index contributed by atoms with van der Waals surface area (Å²) in [4.78, 5) is 33.1. The molecule has 0 aliphatic carbocycles. The van der Waals surface area contributed by atoms with Crippen LogP contribution < -0.4 is 10.9 Å². The molecule has 132 valence electrons. The van der Waals surface area contributed by atoms with Crippen molar-refractivity contribution in [3.8, 4) is 0 Å². The zero-order valence-electron chi connectivity index (χ0n) is 14.3. The van der Waals surface area contributed by atoms with Gasteiger partial charge in [0.15, 0.2) is 0 Å². The zero-order valence-corrected chi connectivity index (χ0v) is 14.3. The Hall–Kier alpha value is -3.48. The molecular weight excluding hydrogens is 332 g/mol.